The summed E-state index contributed by atoms with van der Waals surface area (Å²) in [6, 6.07) is 4.31. The number of nitrogens with one attached hydrogen (secondary N) is 2. The van der Waals surface area contributed by atoms with Gasteiger partial charge in [0.15, 0.2) is 5.82 Å². The molecule has 16 heavy (non-hydrogen) atoms. The highest BCUT2D eigenvalue weighted by Crippen LogP contribution is 2.12. The van der Waals surface area contributed by atoms with Crippen LogP contribution in [0.25, 0.3) is 0 Å². The van der Waals surface area contributed by atoms with E-state index in [1.54, 1.807) is 17.5 Å². The second-order valence-electron chi connectivity index (χ2n) is 3.60. The van der Waals surface area contributed by atoms with Gasteiger partial charge in [-0.15, -0.1) is 11.3 Å². The van der Waals surface area contributed by atoms with E-state index in [1.165, 1.54) is 11.1 Å². The molecule has 0 aliphatic heterocycles. The number of nitrogens with zero attached hydrogens (tertiary/aromatic N) is 1. The first-order valence-electron chi connectivity index (χ1n) is 5.08. The first-order chi connectivity index (χ1) is 7.75. The number of aromatic nitrogens is 2. The van der Waals surface area contributed by atoms with Crippen LogP contribution in [0.4, 0.5) is 5.82 Å². The molecular formula is C11H13N3OS. The van der Waals surface area contributed by atoms with Crippen molar-refractivity contribution in [3.05, 3.63) is 45.1 Å². The van der Waals surface area contributed by atoms with Crippen molar-refractivity contribution >= 4 is 17.2 Å². The molecule has 5 heteroatoms. The Morgan fingerprint density at radius 2 is 2.50 bits per heavy atom. The fourth-order valence-corrected chi connectivity index (χ4v) is 2.30. The number of rotatable bonds is 4. The van der Waals surface area contributed by atoms with Crippen molar-refractivity contribution in [2.45, 2.75) is 19.4 Å². The van der Waals surface area contributed by atoms with Crippen LogP contribution in [0.15, 0.2) is 34.7 Å². The second kappa shape index (κ2) is 4.94. The van der Waals surface area contributed by atoms with Crippen LogP contribution in [0, 0.1) is 0 Å². The van der Waals surface area contributed by atoms with Gasteiger partial charge < -0.3 is 10.3 Å². The van der Waals surface area contributed by atoms with E-state index in [0.717, 1.165) is 6.42 Å². The number of hydrogen-bond donors (Lipinski definition) is 2. The number of thiophene rings is 1. The minimum Gasteiger partial charge on any atom is -0.363 e. The normalized spacial score (nSPS) is 12.3. The van der Waals surface area contributed by atoms with Crippen LogP contribution in [0.5, 0.6) is 0 Å². The molecule has 0 saturated heterocycles. The monoisotopic (exact) mass is 235 g/mol. The molecule has 0 spiro atoms. The molecule has 1 atom stereocenters. The van der Waals surface area contributed by atoms with Gasteiger partial charge in [0.25, 0.3) is 5.56 Å². The number of H-pyrrole nitrogens is 1. The van der Waals surface area contributed by atoms with E-state index in [9.17, 15) is 4.79 Å². The Bertz CT molecular complexity index is 492. The molecule has 0 bridgehead atoms. The lowest BCUT2D eigenvalue weighted by molar-refractivity contribution is 0.790. The predicted octanol–water partition coefficient (Wildman–Crippen LogP) is 1.87. The van der Waals surface area contributed by atoms with Gasteiger partial charge in [-0.25, -0.2) is 4.98 Å². The number of hydrogen-bond acceptors (Lipinski definition) is 4. The van der Waals surface area contributed by atoms with Gasteiger partial charge in [0.2, 0.25) is 0 Å². The Morgan fingerprint density at radius 3 is 3.19 bits per heavy atom. The lowest BCUT2D eigenvalue weighted by Crippen LogP contribution is -2.24. The third-order valence-electron chi connectivity index (χ3n) is 2.18. The van der Waals surface area contributed by atoms with E-state index in [4.69, 9.17) is 0 Å². The Balaban J connectivity index is 2.00. The minimum absolute atomic E-state index is 0.180. The maximum atomic E-state index is 11.4. The zero-order chi connectivity index (χ0) is 11.4. The average Bonchev–Trinajstić information content (AvgIpc) is 2.74. The molecule has 0 aromatic carbocycles. The lowest BCUT2D eigenvalue weighted by atomic mass is 10.2. The van der Waals surface area contributed by atoms with Crippen LogP contribution in [0.3, 0.4) is 0 Å². The molecule has 2 aromatic heterocycles. The summed E-state index contributed by atoms with van der Waals surface area (Å²) in [5, 5.41) is 5.15. The van der Waals surface area contributed by atoms with Crippen LogP contribution in [0.2, 0.25) is 0 Å². The van der Waals surface area contributed by atoms with Gasteiger partial charge >= 0.3 is 0 Å². The summed E-state index contributed by atoms with van der Waals surface area (Å²) in [5.41, 5.74) is -0.180. The molecule has 0 aliphatic rings. The predicted molar refractivity (Wildman–Crippen MR) is 66.0 cm³/mol. The van der Waals surface area contributed by atoms with Crippen molar-refractivity contribution in [1.29, 1.82) is 0 Å². The van der Waals surface area contributed by atoms with Gasteiger partial charge in [0.1, 0.15) is 0 Å². The molecule has 1 unspecified atom stereocenters. The van der Waals surface area contributed by atoms with E-state index in [2.05, 4.69) is 26.7 Å². The summed E-state index contributed by atoms with van der Waals surface area (Å²) in [6.45, 7) is 2.04. The first kappa shape index (κ1) is 10.9. The Morgan fingerprint density at radius 1 is 1.62 bits per heavy atom. The summed E-state index contributed by atoms with van der Waals surface area (Å²) in [6.07, 6.45) is 3.99. The molecule has 0 radical (unpaired) electrons. The van der Waals surface area contributed by atoms with Crippen molar-refractivity contribution in [1.82, 2.24) is 9.97 Å². The lowest BCUT2D eigenvalue weighted by Gasteiger charge is -2.12. The molecule has 4 nitrogen and oxygen atoms in total. The van der Waals surface area contributed by atoms with E-state index >= 15 is 0 Å². The standard InChI is InChI=1S/C11H13N3OS/c1-8(7-9-3-2-6-16-9)14-10-11(15)13-5-4-12-10/h2-6,8H,7H2,1H3,(H,12,14)(H,13,15). The highest BCUT2D eigenvalue weighted by Gasteiger charge is 2.07. The smallest absolute Gasteiger partial charge is 0.290 e. The molecule has 0 saturated carbocycles. The van der Waals surface area contributed by atoms with Crippen LogP contribution >= 0.6 is 11.3 Å². The zero-order valence-electron chi connectivity index (χ0n) is 8.93. The van der Waals surface area contributed by atoms with Gasteiger partial charge in [-0.1, -0.05) is 6.07 Å². The molecule has 2 heterocycles. The topological polar surface area (TPSA) is 57.8 Å². The summed E-state index contributed by atoms with van der Waals surface area (Å²) in [7, 11) is 0. The van der Waals surface area contributed by atoms with Gasteiger partial charge in [0, 0.05) is 29.7 Å². The molecular weight excluding hydrogens is 222 g/mol. The zero-order valence-corrected chi connectivity index (χ0v) is 9.75. The molecule has 0 aliphatic carbocycles. The largest absolute Gasteiger partial charge is 0.363 e. The summed E-state index contributed by atoms with van der Waals surface area (Å²) in [5.74, 6) is 0.381. The number of aromatic amines is 1. The maximum absolute atomic E-state index is 11.4. The van der Waals surface area contributed by atoms with Crippen LogP contribution in [-0.4, -0.2) is 16.0 Å². The highest BCUT2D eigenvalue weighted by molar-refractivity contribution is 7.09. The molecule has 2 N–H and O–H groups in total. The molecule has 2 rings (SSSR count). The van der Waals surface area contributed by atoms with E-state index < -0.39 is 0 Å². The van der Waals surface area contributed by atoms with Crippen molar-refractivity contribution < 1.29 is 0 Å². The molecule has 0 fully saturated rings. The van der Waals surface area contributed by atoms with Crippen molar-refractivity contribution in [2.75, 3.05) is 5.32 Å². The van der Waals surface area contributed by atoms with E-state index in [1.807, 2.05) is 13.0 Å². The van der Waals surface area contributed by atoms with Crippen molar-refractivity contribution in [3.8, 4) is 0 Å². The van der Waals surface area contributed by atoms with Gasteiger partial charge in [-0.05, 0) is 18.4 Å². The minimum atomic E-state index is -0.180. The van der Waals surface area contributed by atoms with Crippen LogP contribution in [0.1, 0.15) is 11.8 Å². The van der Waals surface area contributed by atoms with Gasteiger partial charge in [0.05, 0.1) is 0 Å². The Hall–Kier alpha value is -1.62. The molecule has 0 amide bonds. The Kier molecular flexibility index (Phi) is 3.36. The highest BCUT2D eigenvalue weighted by atomic mass is 32.1. The van der Waals surface area contributed by atoms with Gasteiger partial charge in [-0.3, -0.25) is 4.79 Å². The van der Waals surface area contributed by atoms with Crippen molar-refractivity contribution in [3.63, 3.8) is 0 Å². The summed E-state index contributed by atoms with van der Waals surface area (Å²) >= 11 is 1.72. The number of anilines is 1. The summed E-state index contributed by atoms with van der Waals surface area (Å²) < 4.78 is 0. The Labute approximate surface area is 97.4 Å². The van der Waals surface area contributed by atoms with Crippen molar-refractivity contribution in [2.24, 2.45) is 0 Å². The first-order valence-corrected chi connectivity index (χ1v) is 5.96. The third-order valence-corrected chi connectivity index (χ3v) is 3.08. The van der Waals surface area contributed by atoms with E-state index in [0.29, 0.717) is 5.82 Å². The van der Waals surface area contributed by atoms with Crippen LogP contribution in [-0.2, 0) is 6.42 Å². The summed E-state index contributed by atoms with van der Waals surface area (Å²) in [4.78, 5) is 19.3. The second-order valence-corrected chi connectivity index (χ2v) is 4.63. The third kappa shape index (κ3) is 2.70. The average molecular weight is 235 g/mol. The van der Waals surface area contributed by atoms with Crippen LogP contribution < -0.4 is 10.9 Å². The fraction of sp³-hybridized carbons (Fsp3) is 0.273. The van der Waals surface area contributed by atoms with E-state index in [-0.39, 0.29) is 11.6 Å². The quantitative estimate of drug-likeness (QED) is 0.850. The molecule has 2 aromatic rings. The van der Waals surface area contributed by atoms with Gasteiger partial charge in [-0.2, -0.15) is 0 Å². The molecule has 84 valence electrons. The maximum Gasteiger partial charge on any atom is 0.290 e. The fourth-order valence-electron chi connectivity index (χ4n) is 1.47. The SMILES string of the molecule is CC(Cc1cccs1)Nc1ncc[nH]c1=O.